The average Bonchev–Trinajstić information content (AvgIpc) is 2.66. The van der Waals surface area contributed by atoms with E-state index in [2.05, 4.69) is 0 Å². The summed E-state index contributed by atoms with van der Waals surface area (Å²) in [5, 5.41) is 9.04. The van der Waals surface area contributed by atoms with E-state index in [1.807, 2.05) is 6.92 Å². The first-order chi connectivity index (χ1) is 8.61. The van der Waals surface area contributed by atoms with Gasteiger partial charge in [-0.2, -0.15) is 13.2 Å². The molecule has 1 aliphatic carbocycles. The summed E-state index contributed by atoms with van der Waals surface area (Å²) < 4.78 is 36.3. The van der Waals surface area contributed by atoms with Crippen LogP contribution < -0.4 is 0 Å². The molecule has 1 saturated carbocycles. The van der Waals surface area contributed by atoms with Crippen LogP contribution in [0.2, 0.25) is 0 Å². The van der Waals surface area contributed by atoms with Crippen LogP contribution in [0.4, 0.5) is 13.2 Å². The summed E-state index contributed by atoms with van der Waals surface area (Å²) in [4.78, 5) is 24.1. The van der Waals surface area contributed by atoms with Gasteiger partial charge < -0.3 is 10.0 Å². The molecule has 3 unspecified atom stereocenters. The van der Waals surface area contributed by atoms with Gasteiger partial charge in [-0.15, -0.1) is 0 Å². The molecule has 1 fully saturated rings. The number of carbonyl (C=O) groups is 2. The van der Waals surface area contributed by atoms with Crippen molar-refractivity contribution >= 4 is 11.9 Å². The van der Waals surface area contributed by atoms with Gasteiger partial charge in [-0.05, 0) is 18.8 Å². The summed E-state index contributed by atoms with van der Waals surface area (Å²) in [6.45, 7) is 1.42. The van der Waals surface area contributed by atoms with E-state index in [9.17, 15) is 22.8 Å². The van der Waals surface area contributed by atoms with Crippen LogP contribution in [0, 0.1) is 17.8 Å². The predicted molar refractivity (Wildman–Crippen MR) is 61.3 cm³/mol. The maximum Gasteiger partial charge on any atom is 0.390 e. The van der Waals surface area contributed by atoms with Crippen molar-refractivity contribution in [3.63, 3.8) is 0 Å². The van der Waals surface area contributed by atoms with Gasteiger partial charge in [-0.25, -0.2) is 0 Å². The molecule has 0 heterocycles. The second-order valence-electron chi connectivity index (χ2n) is 5.25. The quantitative estimate of drug-likeness (QED) is 0.859. The lowest BCUT2D eigenvalue weighted by Crippen LogP contribution is -2.38. The van der Waals surface area contributed by atoms with Gasteiger partial charge in [0.2, 0.25) is 5.91 Å². The number of hydrogen-bond donors (Lipinski definition) is 1. The lowest BCUT2D eigenvalue weighted by Gasteiger charge is -2.23. The van der Waals surface area contributed by atoms with E-state index in [1.165, 1.54) is 7.05 Å². The zero-order valence-electron chi connectivity index (χ0n) is 10.9. The lowest BCUT2D eigenvalue weighted by molar-refractivity contribution is -0.152. The zero-order valence-corrected chi connectivity index (χ0v) is 10.9. The number of aliphatic carboxylic acids is 1. The molecule has 0 radical (unpaired) electrons. The second kappa shape index (κ2) is 5.79. The standard InChI is InChI=1S/C12H18F3NO3/c1-7-5-8(9(6-7)11(18)19)10(17)16(2)4-3-12(13,14)15/h7-9H,3-6H2,1-2H3,(H,18,19). The minimum Gasteiger partial charge on any atom is -0.481 e. The van der Waals surface area contributed by atoms with Crippen molar-refractivity contribution in [3.05, 3.63) is 0 Å². The first kappa shape index (κ1) is 15.8. The highest BCUT2D eigenvalue weighted by Crippen LogP contribution is 2.37. The van der Waals surface area contributed by atoms with Gasteiger partial charge in [0.05, 0.1) is 18.3 Å². The fourth-order valence-electron chi connectivity index (χ4n) is 2.53. The number of alkyl halides is 3. The molecule has 0 aliphatic heterocycles. The molecule has 0 aromatic carbocycles. The van der Waals surface area contributed by atoms with Gasteiger partial charge in [-0.3, -0.25) is 9.59 Å². The molecule has 0 aromatic heterocycles. The van der Waals surface area contributed by atoms with Gasteiger partial charge in [-0.1, -0.05) is 6.92 Å². The highest BCUT2D eigenvalue weighted by Gasteiger charge is 2.42. The van der Waals surface area contributed by atoms with Crippen LogP contribution in [-0.4, -0.2) is 41.7 Å². The van der Waals surface area contributed by atoms with E-state index in [4.69, 9.17) is 5.11 Å². The molecule has 0 spiro atoms. The Labute approximate surface area is 109 Å². The first-order valence-electron chi connectivity index (χ1n) is 6.16. The van der Waals surface area contributed by atoms with E-state index in [1.54, 1.807) is 0 Å². The van der Waals surface area contributed by atoms with Gasteiger partial charge in [0, 0.05) is 13.6 Å². The third-order valence-corrected chi connectivity index (χ3v) is 3.54. The number of rotatable bonds is 4. The molecule has 1 aliphatic rings. The number of hydrogen-bond acceptors (Lipinski definition) is 2. The summed E-state index contributed by atoms with van der Waals surface area (Å²) in [7, 11) is 1.29. The van der Waals surface area contributed by atoms with Gasteiger partial charge >= 0.3 is 12.1 Å². The topological polar surface area (TPSA) is 57.6 Å². The monoisotopic (exact) mass is 281 g/mol. The third kappa shape index (κ3) is 4.40. The molecule has 1 N–H and O–H groups in total. The van der Waals surface area contributed by atoms with Crippen LogP contribution in [0.1, 0.15) is 26.2 Å². The molecule has 19 heavy (non-hydrogen) atoms. The van der Waals surface area contributed by atoms with Crippen LogP contribution >= 0.6 is 0 Å². The van der Waals surface area contributed by atoms with Gasteiger partial charge in [0.25, 0.3) is 0 Å². The van der Waals surface area contributed by atoms with Crippen LogP contribution in [0.5, 0.6) is 0 Å². The van der Waals surface area contributed by atoms with Crippen LogP contribution in [0.15, 0.2) is 0 Å². The fraction of sp³-hybridized carbons (Fsp3) is 0.833. The number of carbonyl (C=O) groups excluding carboxylic acids is 1. The van der Waals surface area contributed by atoms with Crippen molar-refractivity contribution < 1.29 is 27.9 Å². The zero-order chi connectivity index (χ0) is 14.8. The Bertz CT molecular complexity index is 357. The maximum atomic E-state index is 12.1. The smallest absolute Gasteiger partial charge is 0.390 e. The fourth-order valence-corrected chi connectivity index (χ4v) is 2.53. The van der Waals surface area contributed by atoms with Crippen molar-refractivity contribution in [1.82, 2.24) is 4.90 Å². The van der Waals surface area contributed by atoms with Crippen molar-refractivity contribution in [1.29, 1.82) is 0 Å². The second-order valence-corrected chi connectivity index (χ2v) is 5.25. The summed E-state index contributed by atoms with van der Waals surface area (Å²) in [6.07, 6.45) is -4.57. The summed E-state index contributed by atoms with van der Waals surface area (Å²) in [6, 6.07) is 0. The van der Waals surface area contributed by atoms with E-state index < -0.39 is 42.9 Å². The summed E-state index contributed by atoms with van der Waals surface area (Å²) >= 11 is 0. The van der Waals surface area contributed by atoms with E-state index >= 15 is 0 Å². The highest BCUT2D eigenvalue weighted by molar-refractivity contribution is 5.85. The van der Waals surface area contributed by atoms with Gasteiger partial charge in [0.15, 0.2) is 0 Å². The van der Waals surface area contributed by atoms with Crippen LogP contribution in [-0.2, 0) is 9.59 Å². The third-order valence-electron chi connectivity index (χ3n) is 3.54. The lowest BCUT2D eigenvalue weighted by atomic mass is 9.95. The maximum absolute atomic E-state index is 12.1. The Morgan fingerprint density at radius 2 is 1.79 bits per heavy atom. The minimum absolute atomic E-state index is 0.103. The van der Waals surface area contributed by atoms with Crippen molar-refractivity contribution in [3.8, 4) is 0 Å². The number of carboxylic acids is 1. The Morgan fingerprint density at radius 3 is 2.26 bits per heavy atom. The number of halogens is 3. The number of nitrogens with zero attached hydrogens (tertiary/aromatic N) is 1. The van der Waals surface area contributed by atoms with Crippen LogP contribution in [0.3, 0.4) is 0 Å². The summed E-state index contributed by atoms with van der Waals surface area (Å²) in [5.74, 6) is -2.93. The molecular formula is C12H18F3NO3. The largest absolute Gasteiger partial charge is 0.481 e. The SMILES string of the molecule is CC1CC(C(=O)O)C(C(=O)N(C)CCC(F)(F)F)C1. The Morgan fingerprint density at radius 1 is 1.26 bits per heavy atom. The molecule has 3 atom stereocenters. The molecule has 0 bridgehead atoms. The molecule has 1 amide bonds. The highest BCUT2D eigenvalue weighted by atomic mass is 19.4. The van der Waals surface area contributed by atoms with Crippen LogP contribution in [0.25, 0.3) is 0 Å². The molecule has 0 aromatic rings. The molecule has 110 valence electrons. The van der Waals surface area contributed by atoms with Crippen molar-refractivity contribution in [2.24, 2.45) is 17.8 Å². The predicted octanol–water partition coefficient (Wildman–Crippen LogP) is 2.14. The molecule has 4 nitrogen and oxygen atoms in total. The van der Waals surface area contributed by atoms with Crippen molar-refractivity contribution in [2.75, 3.05) is 13.6 Å². The molecular weight excluding hydrogens is 263 g/mol. The Hall–Kier alpha value is -1.27. The van der Waals surface area contributed by atoms with E-state index in [0.29, 0.717) is 12.8 Å². The van der Waals surface area contributed by atoms with E-state index in [-0.39, 0.29) is 5.92 Å². The molecule has 1 rings (SSSR count). The Balaban J connectivity index is 2.63. The average molecular weight is 281 g/mol. The summed E-state index contributed by atoms with van der Waals surface area (Å²) in [5.41, 5.74) is 0. The Kier molecular flexibility index (Phi) is 4.81. The first-order valence-corrected chi connectivity index (χ1v) is 6.16. The van der Waals surface area contributed by atoms with E-state index in [0.717, 1.165) is 4.90 Å². The molecule has 0 saturated heterocycles. The normalized spacial score (nSPS) is 27.3. The van der Waals surface area contributed by atoms with Gasteiger partial charge in [0.1, 0.15) is 0 Å². The number of amides is 1. The number of carboxylic acid groups (broad SMARTS) is 1. The minimum atomic E-state index is -4.32. The molecule has 7 heteroatoms. The van der Waals surface area contributed by atoms with Crippen molar-refractivity contribution in [2.45, 2.75) is 32.4 Å².